The minimum Gasteiger partial charge on any atom is -0.354 e. The van der Waals surface area contributed by atoms with Crippen LogP contribution in [0.25, 0.3) is 11.3 Å². The van der Waals surface area contributed by atoms with Gasteiger partial charge in [0.15, 0.2) is 5.96 Å². The van der Waals surface area contributed by atoms with Gasteiger partial charge in [-0.3, -0.25) is 4.99 Å². The first-order chi connectivity index (χ1) is 9.85. The maximum atomic E-state index is 4.39. The molecule has 1 aromatic heterocycles. The molecule has 104 valence electrons. The summed E-state index contributed by atoms with van der Waals surface area (Å²) in [7, 11) is 1.79. The molecule has 0 spiro atoms. The highest BCUT2D eigenvalue weighted by Gasteiger charge is 2.22. The average molecular weight is 269 g/mol. The lowest BCUT2D eigenvalue weighted by molar-refractivity contribution is 0.779. The molecule has 0 atom stereocenters. The Kier molecular flexibility index (Phi) is 3.67. The van der Waals surface area contributed by atoms with Crippen LogP contribution in [-0.4, -0.2) is 29.0 Å². The van der Waals surface area contributed by atoms with Crippen LogP contribution >= 0.6 is 0 Å². The van der Waals surface area contributed by atoms with Gasteiger partial charge in [0.2, 0.25) is 0 Å². The van der Waals surface area contributed by atoms with Crippen molar-refractivity contribution in [3.8, 4) is 11.3 Å². The summed E-state index contributed by atoms with van der Waals surface area (Å²) >= 11 is 0. The van der Waals surface area contributed by atoms with Crippen molar-refractivity contribution in [1.82, 2.24) is 20.6 Å². The van der Waals surface area contributed by atoms with Crippen molar-refractivity contribution < 1.29 is 0 Å². The maximum Gasteiger partial charge on any atom is 0.191 e. The first-order valence-corrected chi connectivity index (χ1v) is 6.91. The van der Waals surface area contributed by atoms with E-state index in [4.69, 9.17) is 0 Å². The van der Waals surface area contributed by atoms with E-state index in [1.165, 1.54) is 12.8 Å². The van der Waals surface area contributed by atoms with Crippen LogP contribution in [0.4, 0.5) is 0 Å². The Hall–Kier alpha value is -2.30. The molecule has 5 heteroatoms. The molecule has 0 amide bonds. The number of hydrogen-bond donors (Lipinski definition) is 3. The van der Waals surface area contributed by atoms with Gasteiger partial charge in [-0.2, -0.15) is 0 Å². The number of hydrogen-bond acceptors (Lipinski definition) is 2. The number of H-pyrrole nitrogens is 1. The van der Waals surface area contributed by atoms with E-state index in [0.29, 0.717) is 12.6 Å². The van der Waals surface area contributed by atoms with Crippen LogP contribution in [0, 0.1) is 0 Å². The highest BCUT2D eigenvalue weighted by atomic mass is 15.2. The molecule has 1 saturated carbocycles. The van der Waals surface area contributed by atoms with Crippen LogP contribution in [-0.2, 0) is 6.54 Å². The summed E-state index contributed by atoms with van der Waals surface area (Å²) in [5, 5.41) is 6.61. The van der Waals surface area contributed by atoms with Gasteiger partial charge < -0.3 is 15.6 Å². The summed E-state index contributed by atoms with van der Waals surface area (Å²) in [6, 6.07) is 10.8. The fraction of sp³-hybridized carbons (Fsp3) is 0.333. The molecule has 5 nitrogen and oxygen atoms in total. The van der Waals surface area contributed by atoms with Gasteiger partial charge in [-0.1, -0.05) is 30.3 Å². The number of rotatable bonds is 4. The van der Waals surface area contributed by atoms with Crippen LogP contribution in [0.15, 0.2) is 41.5 Å². The van der Waals surface area contributed by atoms with Crippen molar-refractivity contribution in [2.24, 2.45) is 4.99 Å². The third-order valence-electron chi connectivity index (χ3n) is 3.28. The Morgan fingerprint density at radius 2 is 2.15 bits per heavy atom. The molecule has 0 saturated heterocycles. The van der Waals surface area contributed by atoms with E-state index in [1.54, 1.807) is 7.05 Å². The number of imidazole rings is 1. The van der Waals surface area contributed by atoms with Crippen LogP contribution in [0.1, 0.15) is 18.7 Å². The Balaban J connectivity index is 1.59. The summed E-state index contributed by atoms with van der Waals surface area (Å²) in [4.78, 5) is 11.9. The van der Waals surface area contributed by atoms with Gasteiger partial charge in [-0.05, 0) is 18.4 Å². The summed E-state index contributed by atoms with van der Waals surface area (Å²) in [5.74, 6) is 1.74. The molecule has 1 aliphatic rings. The zero-order chi connectivity index (χ0) is 13.8. The van der Waals surface area contributed by atoms with E-state index in [9.17, 15) is 0 Å². The second-order valence-corrected chi connectivity index (χ2v) is 4.95. The van der Waals surface area contributed by atoms with Crippen molar-refractivity contribution in [3.05, 3.63) is 42.4 Å². The molecule has 0 radical (unpaired) electrons. The summed E-state index contributed by atoms with van der Waals surface area (Å²) < 4.78 is 0. The number of nitrogens with one attached hydrogen (secondary N) is 3. The fourth-order valence-electron chi connectivity index (χ4n) is 2.00. The van der Waals surface area contributed by atoms with Crippen molar-refractivity contribution in [1.29, 1.82) is 0 Å². The van der Waals surface area contributed by atoms with Gasteiger partial charge in [0.25, 0.3) is 0 Å². The first kappa shape index (κ1) is 12.7. The second-order valence-electron chi connectivity index (χ2n) is 4.95. The van der Waals surface area contributed by atoms with E-state index in [-0.39, 0.29) is 0 Å². The molecule has 2 aromatic rings. The molecule has 1 aliphatic carbocycles. The molecule has 0 unspecified atom stereocenters. The molecule has 0 bridgehead atoms. The second kappa shape index (κ2) is 5.77. The number of benzene rings is 1. The maximum absolute atomic E-state index is 4.39. The summed E-state index contributed by atoms with van der Waals surface area (Å²) in [6.07, 6.45) is 4.34. The van der Waals surface area contributed by atoms with Crippen LogP contribution in [0.3, 0.4) is 0 Å². The topological polar surface area (TPSA) is 65.1 Å². The lowest BCUT2D eigenvalue weighted by atomic mass is 10.2. The molecule has 1 heterocycles. The molecule has 1 fully saturated rings. The van der Waals surface area contributed by atoms with E-state index in [0.717, 1.165) is 23.0 Å². The SMILES string of the molecule is CN=C(NCc1ncc(-c2ccccc2)[nH]1)NC1CC1. The molecule has 20 heavy (non-hydrogen) atoms. The number of aliphatic imine (C=N–C) groups is 1. The summed E-state index contributed by atoms with van der Waals surface area (Å²) in [5.41, 5.74) is 2.18. The van der Waals surface area contributed by atoms with Crippen molar-refractivity contribution in [2.75, 3.05) is 7.05 Å². The third-order valence-corrected chi connectivity index (χ3v) is 3.28. The van der Waals surface area contributed by atoms with Crippen molar-refractivity contribution in [2.45, 2.75) is 25.4 Å². The van der Waals surface area contributed by atoms with Gasteiger partial charge in [-0.15, -0.1) is 0 Å². The number of aromatic nitrogens is 2. The highest BCUT2D eigenvalue weighted by Crippen LogP contribution is 2.18. The van der Waals surface area contributed by atoms with E-state index < -0.39 is 0 Å². The summed E-state index contributed by atoms with van der Waals surface area (Å²) in [6.45, 7) is 0.638. The molecule has 3 N–H and O–H groups in total. The molecule has 1 aromatic carbocycles. The van der Waals surface area contributed by atoms with Crippen LogP contribution in [0.5, 0.6) is 0 Å². The van der Waals surface area contributed by atoms with Crippen molar-refractivity contribution in [3.63, 3.8) is 0 Å². The Morgan fingerprint density at radius 3 is 2.85 bits per heavy atom. The van der Waals surface area contributed by atoms with Gasteiger partial charge in [0.05, 0.1) is 18.4 Å². The number of nitrogens with zero attached hydrogens (tertiary/aromatic N) is 2. The monoisotopic (exact) mass is 269 g/mol. The van der Waals surface area contributed by atoms with Crippen molar-refractivity contribution >= 4 is 5.96 Å². The molecule has 3 rings (SSSR count). The number of aromatic amines is 1. The first-order valence-electron chi connectivity index (χ1n) is 6.91. The quantitative estimate of drug-likeness (QED) is 0.587. The molecule has 0 aliphatic heterocycles. The zero-order valence-corrected chi connectivity index (χ0v) is 11.6. The van der Waals surface area contributed by atoms with Crippen LogP contribution in [0.2, 0.25) is 0 Å². The lowest BCUT2D eigenvalue weighted by Crippen LogP contribution is -2.38. The van der Waals surface area contributed by atoms with E-state index in [2.05, 4.69) is 37.7 Å². The third kappa shape index (κ3) is 3.17. The van der Waals surface area contributed by atoms with Gasteiger partial charge in [0, 0.05) is 13.1 Å². The van der Waals surface area contributed by atoms with Crippen LogP contribution < -0.4 is 10.6 Å². The minimum atomic E-state index is 0.595. The zero-order valence-electron chi connectivity index (χ0n) is 11.6. The molecular formula is C15H19N5. The predicted molar refractivity (Wildman–Crippen MR) is 80.4 cm³/mol. The highest BCUT2D eigenvalue weighted by molar-refractivity contribution is 5.80. The van der Waals surface area contributed by atoms with Gasteiger partial charge in [-0.25, -0.2) is 4.98 Å². The normalized spacial score (nSPS) is 15.2. The van der Waals surface area contributed by atoms with E-state index in [1.807, 2.05) is 24.4 Å². The van der Waals surface area contributed by atoms with E-state index >= 15 is 0 Å². The lowest BCUT2D eigenvalue weighted by Gasteiger charge is -2.09. The predicted octanol–water partition coefficient (Wildman–Crippen LogP) is 1.90. The van der Waals surface area contributed by atoms with Gasteiger partial charge in [0.1, 0.15) is 5.82 Å². The average Bonchev–Trinajstić information content (AvgIpc) is 3.19. The van der Waals surface area contributed by atoms with Gasteiger partial charge >= 0.3 is 0 Å². The smallest absolute Gasteiger partial charge is 0.191 e. The standard InChI is InChI=1S/C15H19N5/c1-16-15(19-12-7-8-12)18-10-14-17-9-13(20-14)11-5-3-2-4-6-11/h2-6,9,12H,7-8,10H2,1H3,(H,17,20)(H2,16,18,19). The minimum absolute atomic E-state index is 0.595. The fourth-order valence-corrected chi connectivity index (χ4v) is 2.00. The largest absolute Gasteiger partial charge is 0.354 e. The number of guanidine groups is 1. The Labute approximate surface area is 118 Å². The molecular weight excluding hydrogens is 250 g/mol. The Morgan fingerprint density at radius 1 is 1.35 bits per heavy atom. The Bertz CT molecular complexity index is 583.